The second-order valence-electron chi connectivity index (χ2n) is 8.28. The van der Waals surface area contributed by atoms with E-state index < -0.39 is 8.32 Å². The van der Waals surface area contributed by atoms with Crippen molar-refractivity contribution in [2.24, 2.45) is 5.92 Å². The Bertz CT molecular complexity index is 514. The molecule has 130 valence electrons. The highest BCUT2D eigenvalue weighted by atomic mass is 79.9. The van der Waals surface area contributed by atoms with Gasteiger partial charge in [0.15, 0.2) is 0 Å². The van der Waals surface area contributed by atoms with E-state index in [9.17, 15) is 0 Å². The first-order valence-electron chi connectivity index (χ1n) is 9.11. The third-order valence-electron chi connectivity index (χ3n) is 5.86. The molecule has 1 aliphatic carbocycles. The first-order chi connectivity index (χ1) is 10.7. The summed E-state index contributed by atoms with van der Waals surface area (Å²) in [5.41, 5.74) is 3.01. The number of halogens is 1. The zero-order valence-electron chi connectivity index (χ0n) is 15.8. The Balaban J connectivity index is 2.51. The molecule has 3 heteroatoms. The van der Waals surface area contributed by atoms with Crippen LogP contribution in [0.1, 0.15) is 66.9 Å². The van der Waals surface area contributed by atoms with E-state index in [1.807, 2.05) is 0 Å². The number of hydrogen-bond acceptors (Lipinski definition) is 1. The molecule has 0 radical (unpaired) electrons. The summed E-state index contributed by atoms with van der Waals surface area (Å²) in [6.45, 7) is 16.6. The number of benzene rings is 1. The maximum Gasteiger partial charge on any atom is 0.201 e. The lowest BCUT2D eigenvalue weighted by atomic mass is 9.91. The maximum absolute atomic E-state index is 7.31. The van der Waals surface area contributed by atoms with Crippen molar-refractivity contribution < 1.29 is 4.43 Å². The Hall–Kier alpha value is -0.123. The molecule has 1 unspecified atom stereocenters. The van der Waals surface area contributed by atoms with E-state index in [4.69, 9.17) is 4.43 Å². The summed E-state index contributed by atoms with van der Waals surface area (Å²) in [5.74, 6) is 0.657. The molecule has 0 aliphatic heterocycles. The molecule has 1 aliphatic rings. The Labute approximate surface area is 152 Å². The fourth-order valence-electron chi connectivity index (χ4n) is 4.58. The summed E-state index contributed by atoms with van der Waals surface area (Å²) in [7, 11) is -1.91. The van der Waals surface area contributed by atoms with Crippen molar-refractivity contribution in [1.29, 1.82) is 0 Å². The van der Waals surface area contributed by atoms with E-state index in [0.717, 1.165) is 0 Å². The Morgan fingerprint density at radius 3 is 1.87 bits per heavy atom. The molecule has 1 aromatic carbocycles. The summed E-state index contributed by atoms with van der Waals surface area (Å²) >= 11 is 3.78. The SMILES string of the molecule is CC(C)[Si](OC(C)(c1ccccc1Br)C1CC1)(C(C)C)C(C)C. The predicted molar refractivity (Wildman–Crippen MR) is 106 cm³/mol. The smallest absolute Gasteiger partial charge is 0.201 e. The molecular weight excluding hydrogens is 364 g/mol. The van der Waals surface area contributed by atoms with Gasteiger partial charge >= 0.3 is 0 Å². The van der Waals surface area contributed by atoms with Gasteiger partial charge < -0.3 is 4.43 Å². The zero-order valence-corrected chi connectivity index (χ0v) is 18.4. The Morgan fingerprint density at radius 1 is 1.00 bits per heavy atom. The molecule has 1 atom stereocenters. The summed E-state index contributed by atoms with van der Waals surface area (Å²) in [6.07, 6.45) is 2.58. The fourth-order valence-corrected chi connectivity index (χ4v) is 11.0. The van der Waals surface area contributed by atoms with Gasteiger partial charge in [0.1, 0.15) is 0 Å². The lowest BCUT2D eigenvalue weighted by Crippen LogP contribution is -2.53. The molecule has 0 heterocycles. The molecular formula is C20H33BrOSi. The molecule has 23 heavy (non-hydrogen) atoms. The van der Waals surface area contributed by atoms with Gasteiger partial charge in [-0.2, -0.15) is 0 Å². The van der Waals surface area contributed by atoms with Gasteiger partial charge in [0.25, 0.3) is 0 Å². The predicted octanol–water partition coefficient (Wildman–Crippen LogP) is 7.27. The molecule has 0 saturated heterocycles. The van der Waals surface area contributed by atoms with Crippen molar-refractivity contribution in [1.82, 2.24) is 0 Å². The van der Waals surface area contributed by atoms with Crippen LogP contribution in [0, 0.1) is 5.92 Å². The topological polar surface area (TPSA) is 9.23 Å². The molecule has 1 fully saturated rings. The van der Waals surface area contributed by atoms with Gasteiger partial charge in [-0.05, 0) is 53.9 Å². The summed E-state index contributed by atoms with van der Waals surface area (Å²) < 4.78 is 8.50. The van der Waals surface area contributed by atoms with Crippen LogP contribution in [0.5, 0.6) is 0 Å². The minimum absolute atomic E-state index is 0.162. The van der Waals surface area contributed by atoms with Crippen LogP contribution in [0.4, 0.5) is 0 Å². The van der Waals surface area contributed by atoms with E-state index in [1.54, 1.807) is 0 Å². The van der Waals surface area contributed by atoms with Crippen molar-refractivity contribution in [3.63, 3.8) is 0 Å². The quantitative estimate of drug-likeness (QED) is 0.440. The zero-order chi connectivity index (χ0) is 17.4. The van der Waals surface area contributed by atoms with Gasteiger partial charge in [0.05, 0.1) is 5.60 Å². The van der Waals surface area contributed by atoms with Crippen LogP contribution < -0.4 is 0 Å². The average molecular weight is 397 g/mol. The van der Waals surface area contributed by atoms with Gasteiger partial charge in [-0.1, -0.05) is 75.7 Å². The fraction of sp³-hybridized carbons (Fsp3) is 0.700. The Morgan fingerprint density at radius 2 is 1.48 bits per heavy atom. The lowest BCUT2D eigenvalue weighted by molar-refractivity contribution is 0.0405. The molecule has 0 aromatic heterocycles. The lowest BCUT2D eigenvalue weighted by Gasteiger charge is -2.49. The van der Waals surface area contributed by atoms with E-state index in [-0.39, 0.29) is 5.60 Å². The van der Waals surface area contributed by atoms with Crippen LogP contribution in [0.3, 0.4) is 0 Å². The van der Waals surface area contributed by atoms with Crippen LogP contribution in [-0.4, -0.2) is 8.32 Å². The van der Waals surface area contributed by atoms with Crippen LogP contribution in [-0.2, 0) is 10.0 Å². The molecule has 1 saturated carbocycles. The molecule has 2 rings (SSSR count). The van der Waals surface area contributed by atoms with Crippen molar-refractivity contribution in [3.05, 3.63) is 34.3 Å². The highest BCUT2D eigenvalue weighted by Gasteiger charge is 2.54. The number of rotatable bonds is 7. The van der Waals surface area contributed by atoms with E-state index >= 15 is 0 Å². The molecule has 0 amide bonds. The number of hydrogen-bond donors (Lipinski definition) is 0. The van der Waals surface area contributed by atoms with Gasteiger partial charge in [-0.3, -0.25) is 0 Å². The van der Waals surface area contributed by atoms with Crippen molar-refractivity contribution in [2.75, 3.05) is 0 Å². The monoisotopic (exact) mass is 396 g/mol. The third kappa shape index (κ3) is 3.47. The Kier molecular flexibility index (Phi) is 5.85. The standard InChI is InChI=1S/C20H33BrOSi/c1-14(2)23(15(3)4,16(5)6)22-20(7,17-12-13-17)18-10-8-9-11-19(18)21/h8-11,14-17H,12-13H2,1-7H3. The molecule has 1 nitrogen and oxygen atoms in total. The second-order valence-corrected chi connectivity index (χ2v) is 14.5. The molecule has 0 spiro atoms. The summed E-state index contributed by atoms with van der Waals surface area (Å²) in [4.78, 5) is 0. The van der Waals surface area contributed by atoms with Crippen molar-refractivity contribution in [2.45, 2.75) is 83.5 Å². The average Bonchev–Trinajstić information content (AvgIpc) is 3.28. The van der Waals surface area contributed by atoms with Gasteiger partial charge in [-0.15, -0.1) is 0 Å². The molecule has 0 bridgehead atoms. The first-order valence-corrected chi connectivity index (χ1v) is 12.0. The van der Waals surface area contributed by atoms with E-state index in [2.05, 4.69) is 88.7 Å². The van der Waals surface area contributed by atoms with Gasteiger partial charge in [0, 0.05) is 4.47 Å². The second kappa shape index (κ2) is 7.01. The first kappa shape index (κ1) is 19.2. The summed E-state index contributed by atoms with van der Waals surface area (Å²) in [5, 5.41) is 0. The molecule has 0 N–H and O–H groups in total. The van der Waals surface area contributed by atoms with Crippen LogP contribution in [0.2, 0.25) is 16.6 Å². The minimum Gasteiger partial charge on any atom is -0.407 e. The highest BCUT2D eigenvalue weighted by Crippen LogP contribution is 2.55. The third-order valence-corrected chi connectivity index (χ3v) is 12.7. The van der Waals surface area contributed by atoms with Crippen molar-refractivity contribution >= 4 is 24.2 Å². The van der Waals surface area contributed by atoms with Crippen LogP contribution >= 0.6 is 15.9 Å². The normalized spacial score (nSPS) is 18.7. The molecule has 1 aromatic rings. The van der Waals surface area contributed by atoms with Crippen LogP contribution in [0.25, 0.3) is 0 Å². The summed E-state index contributed by atoms with van der Waals surface area (Å²) in [6, 6.07) is 8.65. The van der Waals surface area contributed by atoms with E-state index in [1.165, 1.54) is 22.9 Å². The largest absolute Gasteiger partial charge is 0.407 e. The van der Waals surface area contributed by atoms with Crippen molar-refractivity contribution in [3.8, 4) is 0 Å². The van der Waals surface area contributed by atoms with Crippen LogP contribution in [0.15, 0.2) is 28.7 Å². The highest BCUT2D eigenvalue weighted by molar-refractivity contribution is 9.10. The van der Waals surface area contributed by atoms with Gasteiger partial charge in [0.2, 0.25) is 8.32 Å². The van der Waals surface area contributed by atoms with Gasteiger partial charge in [-0.25, -0.2) is 0 Å². The van der Waals surface area contributed by atoms with E-state index in [0.29, 0.717) is 22.5 Å². The maximum atomic E-state index is 7.31. The minimum atomic E-state index is -1.91.